The number of nitrogens with zero attached hydrogens (tertiary/aromatic N) is 2. The van der Waals surface area contributed by atoms with Gasteiger partial charge in [-0.2, -0.15) is 0 Å². The molecule has 0 aliphatic heterocycles. The lowest BCUT2D eigenvalue weighted by Gasteiger charge is -2.12. The second-order valence-corrected chi connectivity index (χ2v) is 7.01. The van der Waals surface area contributed by atoms with E-state index in [1.807, 2.05) is 18.2 Å². The standard InChI is InChI=1S/C25H28N2O/c1-27(2)18-19-28-24-15-9-10-21(20-24)16-17-26-25(22-11-5-3-6-12-22)23-13-7-4-8-14-23/h3-15,20H,16-19H2,1-2H3. The van der Waals surface area contributed by atoms with Crippen LogP contribution in [0.15, 0.2) is 89.9 Å². The van der Waals surface area contributed by atoms with Crippen LogP contribution in [-0.4, -0.2) is 44.4 Å². The topological polar surface area (TPSA) is 24.8 Å². The van der Waals surface area contributed by atoms with E-state index in [4.69, 9.17) is 9.73 Å². The maximum atomic E-state index is 5.85. The minimum absolute atomic E-state index is 0.695. The van der Waals surface area contributed by atoms with Crippen LogP contribution >= 0.6 is 0 Å². The molecule has 3 nitrogen and oxygen atoms in total. The number of hydrogen-bond donors (Lipinski definition) is 0. The number of ether oxygens (including phenoxy) is 1. The van der Waals surface area contributed by atoms with Crippen molar-refractivity contribution in [3.63, 3.8) is 0 Å². The van der Waals surface area contributed by atoms with Gasteiger partial charge in [0.2, 0.25) is 0 Å². The van der Waals surface area contributed by atoms with Crippen molar-refractivity contribution in [3.05, 3.63) is 102 Å². The fourth-order valence-electron chi connectivity index (χ4n) is 2.97. The van der Waals surface area contributed by atoms with Gasteiger partial charge < -0.3 is 9.64 Å². The van der Waals surface area contributed by atoms with Crippen molar-refractivity contribution in [2.45, 2.75) is 6.42 Å². The molecule has 0 heterocycles. The predicted octanol–water partition coefficient (Wildman–Crippen LogP) is 4.71. The molecule has 0 aliphatic rings. The summed E-state index contributed by atoms with van der Waals surface area (Å²) in [6, 6.07) is 29.1. The zero-order chi connectivity index (χ0) is 19.6. The van der Waals surface area contributed by atoms with E-state index in [2.05, 4.69) is 85.7 Å². The third kappa shape index (κ3) is 6.07. The van der Waals surface area contributed by atoms with Crippen LogP contribution in [-0.2, 0) is 6.42 Å². The fourth-order valence-corrected chi connectivity index (χ4v) is 2.97. The molecule has 0 aromatic heterocycles. The molecule has 3 rings (SSSR count). The van der Waals surface area contributed by atoms with E-state index in [-0.39, 0.29) is 0 Å². The van der Waals surface area contributed by atoms with Crippen LogP contribution in [0.4, 0.5) is 0 Å². The number of rotatable bonds is 9. The van der Waals surface area contributed by atoms with Crippen LogP contribution in [0.3, 0.4) is 0 Å². The van der Waals surface area contributed by atoms with E-state index < -0.39 is 0 Å². The first-order valence-electron chi connectivity index (χ1n) is 9.74. The molecule has 0 fully saturated rings. The zero-order valence-electron chi connectivity index (χ0n) is 16.7. The minimum Gasteiger partial charge on any atom is -0.492 e. The summed E-state index contributed by atoms with van der Waals surface area (Å²) in [6.45, 7) is 2.34. The minimum atomic E-state index is 0.695. The molecule has 0 bridgehead atoms. The van der Waals surface area contributed by atoms with Crippen molar-refractivity contribution in [2.24, 2.45) is 4.99 Å². The van der Waals surface area contributed by atoms with Crippen molar-refractivity contribution in [3.8, 4) is 5.75 Å². The summed E-state index contributed by atoms with van der Waals surface area (Å²) >= 11 is 0. The molecule has 0 aliphatic carbocycles. The Kier molecular flexibility index (Phi) is 7.39. The highest BCUT2D eigenvalue weighted by Crippen LogP contribution is 2.15. The zero-order valence-corrected chi connectivity index (χ0v) is 16.7. The average Bonchev–Trinajstić information content (AvgIpc) is 2.73. The molecular weight excluding hydrogens is 344 g/mol. The van der Waals surface area contributed by atoms with Crippen molar-refractivity contribution >= 4 is 5.71 Å². The third-order valence-electron chi connectivity index (χ3n) is 4.47. The molecule has 0 saturated heterocycles. The van der Waals surface area contributed by atoms with Crippen LogP contribution in [0, 0.1) is 0 Å². The first-order valence-corrected chi connectivity index (χ1v) is 9.74. The van der Waals surface area contributed by atoms with Crippen LogP contribution in [0.1, 0.15) is 16.7 Å². The van der Waals surface area contributed by atoms with Crippen molar-refractivity contribution < 1.29 is 4.74 Å². The molecule has 28 heavy (non-hydrogen) atoms. The molecule has 0 spiro atoms. The lowest BCUT2D eigenvalue weighted by atomic mass is 10.0. The van der Waals surface area contributed by atoms with Gasteiger partial charge in [0, 0.05) is 24.2 Å². The van der Waals surface area contributed by atoms with E-state index >= 15 is 0 Å². The summed E-state index contributed by atoms with van der Waals surface area (Å²) in [5.41, 5.74) is 4.58. The van der Waals surface area contributed by atoms with E-state index in [1.54, 1.807) is 0 Å². The molecule has 0 N–H and O–H groups in total. The van der Waals surface area contributed by atoms with Gasteiger partial charge >= 0.3 is 0 Å². The third-order valence-corrected chi connectivity index (χ3v) is 4.47. The first-order chi connectivity index (χ1) is 13.7. The molecule has 0 saturated carbocycles. The number of benzene rings is 3. The number of aliphatic imine (C=N–C) groups is 1. The molecular formula is C25H28N2O. The summed E-state index contributed by atoms with van der Waals surface area (Å²) in [5, 5.41) is 0. The lowest BCUT2D eigenvalue weighted by molar-refractivity contribution is 0.261. The molecule has 0 atom stereocenters. The highest BCUT2D eigenvalue weighted by Gasteiger charge is 2.06. The Morgan fingerprint density at radius 3 is 2.07 bits per heavy atom. The Morgan fingerprint density at radius 2 is 1.46 bits per heavy atom. The summed E-state index contributed by atoms with van der Waals surface area (Å²) in [6.07, 6.45) is 0.883. The van der Waals surface area contributed by atoms with Crippen LogP contribution in [0.2, 0.25) is 0 Å². The summed E-state index contributed by atoms with van der Waals surface area (Å²) in [7, 11) is 4.10. The smallest absolute Gasteiger partial charge is 0.119 e. The summed E-state index contributed by atoms with van der Waals surface area (Å²) < 4.78 is 5.85. The van der Waals surface area contributed by atoms with E-state index in [0.717, 1.165) is 42.1 Å². The van der Waals surface area contributed by atoms with Crippen LogP contribution < -0.4 is 4.74 Å². The highest BCUT2D eigenvalue weighted by molar-refractivity contribution is 6.12. The second kappa shape index (κ2) is 10.4. The maximum absolute atomic E-state index is 5.85. The van der Waals surface area contributed by atoms with Crippen LogP contribution in [0.25, 0.3) is 0 Å². The van der Waals surface area contributed by atoms with Gasteiger partial charge in [0.25, 0.3) is 0 Å². The quantitative estimate of drug-likeness (QED) is 0.508. The number of likely N-dealkylation sites (N-methyl/N-ethyl adjacent to an activating group) is 1. The fraction of sp³-hybridized carbons (Fsp3) is 0.240. The lowest BCUT2D eigenvalue weighted by Crippen LogP contribution is -2.19. The largest absolute Gasteiger partial charge is 0.492 e. The molecule has 3 aromatic rings. The number of hydrogen-bond acceptors (Lipinski definition) is 3. The maximum Gasteiger partial charge on any atom is 0.119 e. The van der Waals surface area contributed by atoms with Gasteiger partial charge in [-0.1, -0.05) is 72.8 Å². The molecule has 0 amide bonds. The van der Waals surface area contributed by atoms with Gasteiger partial charge in [0.05, 0.1) is 5.71 Å². The Morgan fingerprint density at radius 1 is 0.821 bits per heavy atom. The van der Waals surface area contributed by atoms with Gasteiger partial charge in [-0.15, -0.1) is 0 Å². The first kappa shape index (κ1) is 19.8. The summed E-state index contributed by atoms with van der Waals surface area (Å²) in [5.74, 6) is 0.926. The van der Waals surface area contributed by atoms with Gasteiger partial charge in [-0.05, 0) is 38.2 Å². The SMILES string of the molecule is CN(C)CCOc1cccc(CCN=C(c2ccccc2)c2ccccc2)c1. The normalized spacial score (nSPS) is 10.7. The monoisotopic (exact) mass is 372 g/mol. The Bertz CT molecular complexity index is 832. The van der Waals surface area contributed by atoms with E-state index in [0.29, 0.717) is 6.61 Å². The molecule has 0 unspecified atom stereocenters. The molecule has 144 valence electrons. The Labute approximate surface area is 168 Å². The molecule has 3 aromatic carbocycles. The molecule has 3 heteroatoms. The average molecular weight is 373 g/mol. The van der Waals surface area contributed by atoms with Gasteiger partial charge in [-0.25, -0.2) is 0 Å². The predicted molar refractivity (Wildman–Crippen MR) is 118 cm³/mol. The highest BCUT2D eigenvalue weighted by atomic mass is 16.5. The van der Waals surface area contributed by atoms with Gasteiger partial charge in [0.1, 0.15) is 12.4 Å². The summed E-state index contributed by atoms with van der Waals surface area (Å²) in [4.78, 5) is 7.06. The Hall–Kier alpha value is -2.91. The van der Waals surface area contributed by atoms with Crippen molar-refractivity contribution in [2.75, 3.05) is 33.8 Å². The van der Waals surface area contributed by atoms with Crippen molar-refractivity contribution in [1.82, 2.24) is 4.90 Å². The second-order valence-electron chi connectivity index (χ2n) is 7.01. The van der Waals surface area contributed by atoms with Crippen molar-refractivity contribution in [1.29, 1.82) is 0 Å². The molecule has 0 radical (unpaired) electrons. The van der Waals surface area contributed by atoms with Crippen LogP contribution in [0.5, 0.6) is 5.75 Å². The van der Waals surface area contributed by atoms with E-state index in [1.165, 1.54) is 5.56 Å². The van der Waals surface area contributed by atoms with Gasteiger partial charge in [0.15, 0.2) is 0 Å². The Balaban J connectivity index is 1.69. The van der Waals surface area contributed by atoms with E-state index in [9.17, 15) is 0 Å². The van der Waals surface area contributed by atoms with Gasteiger partial charge in [-0.3, -0.25) is 4.99 Å².